The highest BCUT2D eigenvalue weighted by molar-refractivity contribution is 6.06. The van der Waals surface area contributed by atoms with Gasteiger partial charge in [0.15, 0.2) is 11.5 Å². The Labute approximate surface area is 215 Å². The number of pyridine rings is 1. The topological polar surface area (TPSA) is 69.7 Å². The van der Waals surface area contributed by atoms with Gasteiger partial charge in [0.1, 0.15) is 11.5 Å². The number of carbonyl (C=O) groups excluding carboxylic acids is 1. The Hall–Kier alpha value is -4.58. The number of anilines is 1. The largest absolute Gasteiger partial charge is 0.493 e. The third kappa shape index (κ3) is 5.05. The van der Waals surface area contributed by atoms with Crippen molar-refractivity contribution in [1.82, 2.24) is 4.98 Å². The number of carbonyl (C=O) groups is 1. The molecule has 6 heteroatoms. The van der Waals surface area contributed by atoms with Crippen LogP contribution in [0, 0.1) is 0 Å². The number of amides is 1. The van der Waals surface area contributed by atoms with E-state index in [1.807, 2.05) is 72.8 Å². The minimum atomic E-state index is -0.157. The SMILES string of the molecule is COc1cc2nccc(Oc3ccc4ccc(C(=O)Nc5cccc(C(C)C)c5)cc4c3)c2cc1OC. The van der Waals surface area contributed by atoms with Gasteiger partial charge in [0, 0.05) is 28.9 Å². The summed E-state index contributed by atoms with van der Waals surface area (Å²) >= 11 is 0. The van der Waals surface area contributed by atoms with Gasteiger partial charge in [-0.15, -0.1) is 0 Å². The fourth-order valence-electron chi connectivity index (χ4n) is 4.27. The van der Waals surface area contributed by atoms with Crippen LogP contribution in [0.1, 0.15) is 35.7 Å². The summed E-state index contributed by atoms with van der Waals surface area (Å²) < 4.78 is 17.1. The highest BCUT2D eigenvalue weighted by Crippen LogP contribution is 2.37. The van der Waals surface area contributed by atoms with Crippen LogP contribution < -0.4 is 19.5 Å². The summed E-state index contributed by atoms with van der Waals surface area (Å²) in [5.74, 6) is 2.72. The maximum absolute atomic E-state index is 13.0. The van der Waals surface area contributed by atoms with Gasteiger partial charge in [-0.05, 0) is 70.8 Å². The fourth-order valence-corrected chi connectivity index (χ4v) is 4.27. The molecule has 6 nitrogen and oxygen atoms in total. The molecule has 0 aliphatic carbocycles. The number of methoxy groups -OCH3 is 2. The summed E-state index contributed by atoms with van der Waals surface area (Å²) in [4.78, 5) is 17.4. The van der Waals surface area contributed by atoms with Crippen molar-refractivity contribution < 1.29 is 19.0 Å². The molecule has 0 unspecified atom stereocenters. The second-order valence-electron chi connectivity index (χ2n) is 9.09. The minimum absolute atomic E-state index is 0.157. The number of benzene rings is 4. The molecule has 0 saturated heterocycles. The lowest BCUT2D eigenvalue weighted by Gasteiger charge is -2.13. The molecule has 0 bridgehead atoms. The van der Waals surface area contributed by atoms with Gasteiger partial charge in [-0.1, -0.05) is 38.1 Å². The third-order valence-corrected chi connectivity index (χ3v) is 6.32. The number of aromatic nitrogens is 1. The first-order valence-electron chi connectivity index (χ1n) is 12.1. The Morgan fingerprint density at radius 1 is 0.811 bits per heavy atom. The lowest BCUT2D eigenvalue weighted by Crippen LogP contribution is -2.12. The molecule has 0 atom stereocenters. The molecule has 0 saturated carbocycles. The molecule has 1 aromatic heterocycles. The van der Waals surface area contributed by atoms with Crippen LogP contribution in [0.25, 0.3) is 21.7 Å². The van der Waals surface area contributed by atoms with E-state index in [-0.39, 0.29) is 5.91 Å². The number of nitrogens with one attached hydrogen (secondary N) is 1. The maximum Gasteiger partial charge on any atom is 0.255 e. The molecule has 0 radical (unpaired) electrons. The average molecular weight is 493 g/mol. The van der Waals surface area contributed by atoms with Crippen LogP contribution in [0.3, 0.4) is 0 Å². The van der Waals surface area contributed by atoms with Crippen LogP contribution >= 0.6 is 0 Å². The summed E-state index contributed by atoms with van der Waals surface area (Å²) in [7, 11) is 3.19. The Balaban J connectivity index is 1.43. The smallest absolute Gasteiger partial charge is 0.255 e. The van der Waals surface area contributed by atoms with Crippen molar-refractivity contribution in [2.24, 2.45) is 0 Å². The van der Waals surface area contributed by atoms with E-state index in [9.17, 15) is 4.79 Å². The van der Waals surface area contributed by atoms with Gasteiger partial charge in [0.2, 0.25) is 0 Å². The molecule has 5 rings (SSSR count). The molecule has 37 heavy (non-hydrogen) atoms. The van der Waals surface area contributed by atoms with Crippen LogP contribution in [-0.4, -0.2) is 25.1 Å². The van der Waals surface area contributed by atoms with Crippen molar-refractivity contribution >= 4 is 33.3 Å². The standard InChI is InChI=1S/C31H28N2O4/c1-19(2)21-6-5-7-24(15-21)33-31(34)22-9-8-20-10-11-25(16-23(20)14-22)37-28-12-13-32-27-18-30(36-4)29(35-3)17-26(27)28/h5-19H,1-4H3,(H,33,34). The average Bonchev–Trinajstić information content (AvgIpc) is 2.92. The van der Waals surface area contributed by atoms with Crippen LogP contribution in [0.15, 0.2) is 85.1 Å². The molecule has 0 spiro atoms. The van der Waals surface area contributed by atoms with E-state index < -0.39 is 0 Å². The number of fused-ring (bicyclic) bond motifs is 2. The van der Waals surface area contributed by atoms with Crippen LogP contribution in [-0.2, 0) is 0 Å². The molecular weight excluding hydrogens is 464 g/mol. The number of rotatable bonds is 7. The van der Waals surface area contributed by atoms with Crippen molar-refractivity contribution in [2.75, 3.05) is 19.5 Å². The van der Waals surface area contributed by atoms with Crippen molar-refractivity contribution in [3.05, 3.63) is 96.2 Å². The quantitative estimate of drug-likeness (QED) is 0.254. The fraction of sp³-hybridized carbons (Fsp3) is 0.161. The highest BCUT2D eigenvalue weighted by atomic mass is 16.5. The summed E-state index contributed by atoms with van der Waals surface area (Å²) in [5, 5.41) is 5.73. The monoisotopic (exact) mass is 492 g/mol. The predicted octanol–water partition coefficient (Wildman–Crippen LogP) is 7.57. The molecule has 0 aliphatic heterocycles. The second-order valence-corrected chi connectivity index (χ2v) is 9.09. The van der Waals surface area contributed by atoms with Gasteiger partial charge in [-0.25, -0.2) is 0 Å². The lowest BCUT2D eigenvalue weighted by atomic mass is 10.0. The van der Waals surface area contributed by atoms with Crippen LogP contribution in [0.4, 0.5) is 5.69 Å². The van der Waals surface area contributed by atoms with Gasteiger partial charge in [0.05, 0.1) is 19.7 Å². The van der Waals surface area contributed by atoms with Gasteiger partial charge < -0.3 is 19.5 Å². The summed E-state index contributed by atoms with van der Waals surface area (Å²) in [6.07, 6.45) is 1.70. The number of hydrogen-bond donors (Lipinski definition) is 1. The molecule has 186 valence electrons. The normalized spacial score (nSPS) is 11.1. The van der Waals surface area contributed by atoms with E-state index in [4.69, 9.17) is 14.2 Å². The third-order valence-electron chi connectivity index (χ3n) is 6.32. The molecule has 1 amide bonds. The van der Waals surface area contributed by atoms with Gasteiger partial charge >= 0.3 is 0 Å². The van der Waals surface area contributed by atoms with E-state index >= 15 is 0 Å². The molecule has 0 aliphatic rings. The predicted molar refractivity (Wildman–Crippen MR) is 147 cm³/mol. The van der Waals surface area contributed by atoms with Crippen molar-refractivity contribution in [2.45, 2.75) is 19.8 Å². The molecule has 1 N–H and O–H groups in total. The molecule has 1 heterocycles. The van der Waals surface area contributed by atoms with Gasteiger partial charge in [0.25, 0.3) is 5.91 Å². The van der Waals surface area contributed by atoms with Gasteiger partial charge in [-0.2, -0.15) is 0 Å². The maximum atomic E-state index is 13.0. The van der Waals surface area contributed by atoms with Crippen molar-refractivity contribution in [3.8, 4) is 23.0 Å². The zero-order chi connectivity index (χ0) is 25.9. The van der Waals surface area contributed by atoms with E-state index in [1.165, 1.54) is 5.56 Å². The molecule has 4 aromatic carbocycles. The highest BCUT2D eigenvalue weighted by Gasteiger charge is 2.13. The van der Waals surface area contributed by atoms with Crippen molar-refractivity contribution in [1.29, 1.82) is 0 Å². The first-order valence-corrected chi connectivity index (χ1v) is 12.1. The van der Waals surface area contributed by atoms with Gasteiger partial charge in [-0.3, -0.25) is 9.78 Å². The zero-order valence-electron chi connectivity index (χ0n) is 21.2. The Kier molecular flexibility index (Phi) is 6.64. The van der Waals surface area contributed by atoms with E-state index in [1.54, 1.807) is 20.4 Å². The Morgan fingerprint density at radius 3 is 2.38 bits per heavy atom. The zero-order valence-corrected chi connectivity index (χ0v) is 21.2. The van der Waals surface area contributed by atoms with E-state index in [0.29, 0.717) is 34.5 Å². The molecular formula is C31H28N2O4. The first kappa shape index (κ1) is 24.1. The number of nitrogens with zero attached hydrogens (tertiary/aromatic N) is 1. The van der Waals surface area contributed by atoms with Crippen LogP contribution in [0.5, 0.6) is 23.0 Å². The molecule has 0 fully saturated rings. The minimum Gasteiger partial charge on any atom is -0.493 e. The second kappa shape index (κ2) is 10.2. The Bertz CT molecular complexity index is 1610. The summed E-state index contributed by atoms with van der Waals surface area (Å²) in [6, 6.07) is 24.9. The summed E-state index contributed by atoms with van der Waals surface area (Å²) in [5.41, 5.74) is 3.27. The van der Waals surface area contributed by atoms with E-state index in [0.717, 1.165) is 27.4 Å². The summed E-state index contributed by atoms with van der Waals surface area (Å²) in [6.45, 7) is 4.26. The van der Waals surface area contributed by atoms with Crippen LogP contribution in [0.2, 0.25) is 0 Å². The number of hydrogen-bond acceptors (Lipinski definition) is 5. The number of ether oxygens (including phenoxy) is 3. The van der Waals surface area contributed by atoms with E-state index in [2.05, 4.69) is 30.2 Å². The lowest BCUT2D eigenvalue weighted by molar-refractivity contribution is 0.102. The Morgan fingerprint density at radius 2 is 1.59 bits per heavy atom. The molecule has 5 aromatic rings. The van der Waals surface area contributed by atoms with Crippen molar-refractivity contribution in [3.63, 3.8) is 0 Å². The first-order chi connectivity index (χ1) is 17.9.